The number of amides is 3. The van der Waals surface area contributed by atoms with Crippen LogP contribution in [0.15, 0.2) is 12.2 Å². The first-order valence-corrected chi connectivity index (χ1v) is 10.7. The van der Waals surface area contributed by atoms with Crippen molar-refractivity contribution in [2.75, 3.05) is 79.2 Å². The van der Waals surface area contributed by atoms with E-state index in [1.165, 1.54) is 12.2 Å². The fourth-order valence-electron chi connectivity index (χ4n) is 2.33. The minimum Gasteiger partial charge on any atom is -0.444 e. The van der Waals surface area contributed by atoms with Crippen molar-refractivity contribution in [3.63, 3.8) is 0 Å². The number of imide groups is 1. The van der Waals surface area contributed by atoms with Crippen LogP contribution in [0.4, 0.5) is 4.79 Å². The van der Waals surface area contributed by atoms with Crippen molar-refractivity contribution in [1.29, 1.82) is 0 Å². The van der Waals surface area contributed by atoms with Crippen LogP contribution in [0, 0.1) is 0 Å². The van der Waals surface area contributed by atoms with E-state index in [4.69, 9.17) is 28.4 Å². The maximum absolute atomic E-state index is 11.4. The van der Waals surface area contributed by atoms with Gasteiger partial charge in [0.25, 0.3) is 11.8 Å². The zero-order valence-electron chi connectivity index (χ0n) is 19.3. The van der Waals surface area contributed by atoms with Gasteiger partial charge in [-0.25, -0.2) is 4.79 Å². The predicted octanol–water partition coefficient (Wildman–Crippen LogP) is 0.519. The Morgan fingerprint density at radius 2 is 1.16 bits per heavy atom. The minimum absolute atomic E-state index is 0.238. The van der Waals surface area contributed by atoms with E-state index in [-0.39, 0.29) is 25.0 Å². The van der Waals surface area contributed by atoms with Crippen LogP contribution in [-0.4, -0.2) is 108 Å². The van der Waals surface area contributed by atoms with Crippen molar-refractivity contribution in [2.24, 2.45) is 0 Å². The van der Waals surface area contributed by atoms with Crippen LogP contribution < -0.4 is 5.32 Å². The molecule has 0 radical (unpaired) electrons. The number of carbonyl (C=O) groups is 3. The number of hydrogen-bond acceptors (Lipinski definition) is 9. The highest BCUT2D eigenvalue weighted by atomic mass is 16.6. The molecule has 3 amide bonds. The first-order valence-electron chi connectivity index (χ1n) is 10.7. The number of nitrogens with one attached hydrogen (secondary N) is 1. The molecule has 1 heterocycles. The van der Waals surface area contributed by atoms with Gasteiger partial charge in [0.1, 0.15) is 5.60 Å². The molecular formula is C21H36N2O9. The highest BCUT2D eigenvalue weighted by Crippen LogP contribution is 2.06. The summed E-state index contributed by atoms with van der Waals surface area (Å²) in [5, 5.41) is 2.61. The molecular weight excluding hydrogens is 424 g/mol. The van der Waals surface area contributed by atoms with Crippen LogP contribution in [-0.2, 0) is 38.0 Å². The average molecular weight is 461 g/mol. The van der Waals surface area contributed by atoms with Gasteiger partial charge in [-0.15, -0.1) is 0 Å². The zero-order valence-corrected chi connectivity index (χ0v) is 19.3. The molecule has 11 nitrogen and oxygen atoms in total. The summed E-state index contributed by atoms with van der Waals surface area (Å²) in [5.74, 6) is -0.618. The Hall–Kier alpha value is -2.05. The standard InChI is InChI=1S/C21H36N2O9/c1-21(2,3)32-20(26)22-6-8-27-10-12-29-14-16-31-17-15-30-13-11-28-9-7-23-18(24)4-5-19(23)25/h4-5H,6-17H2,1-3H3,(H,22,26). The van der Waals surface area contributed by atoms with Crippen LogP contribution in [0.25, 0.3) is 0 Å². The van der Waals surface area contributed by atoms with E-state index < -0.39 is 11.7 Å². The molecule has 1 aliphatic rings. The van der Waals surface area contributed by atoms with Gasteiger partial charge < -0.3 is 33.7 Å². The van der Waals surface area contributed by atoms with E-state index in [9.17, 15) is 14.4 Å². The fourth-order valence-corrected chi connectivity index (χ4v) is 2.33. The third-order valence-electron chi connectivity index (χ3n) is 3.76. The monoisotopic (exact) mass is 460 g/mol. The highest BCUT2D eigenvalue weighted by Gasteiger charge is 2.22. The minimum atomic E-state index is -0.514. The van der Waals surface area contributed by atoms with Crippen LogP contribution in [0.5, 0.6) is 0 Å². The van der Waals surface area contributed by atoms with E-state index in [1.807, 2.05) is 0 Å². The smallest absolute Gasteiger partial charge is 0.407 e. The Morgan fingerprint density at radius 1 is 0.750 bits per heavy atom. The molecule has 0 aliphatic carbocycles. The summed E-state index contributed by atoms with van der Waals surface area (Å²) in [4.78, 5) is 35.2. The van der Waals surface area contributed by atoms with Crippen molar-refractivity contribution < 1.29 is 42.8 Å². The van der Waals surface area contributed by atoms with Gasteiger partial charge in [-0.3, -0.25) is 14.5 Å². The zero-order chi connectivity index (χ0) is 23.7. The number of hydrogen-bond donors (Lipinski definition) is 1. The Kier molecular flexibility index (Phi) is 14.5. The summed E-state index contributed by atoms with van der Waals surface area (Å²) >= 11 is 0. The van der Waals surface area contributed by atoms with Gasteiger partial charge in [0.05, 0.1) is 72.6 Å². The molecule has 0 saturated heterocycles. The van der Waals surface area contributed by atoms with E-state index in [0.29, 0.717) is 66.0 Å². The fraction of sp³-hybridized carbons (Fsp3) is 0.762. The van der Waals surface area contributed by atoms with Crippen molar-refractivity contribution in [3.8, 4) is 0 Å². The Bertz CT molecular complexity index is 572. The van der Waals surface area contributed by atoms with Gasteiger partial charge in [-0.1, -0.05) is 0 Å². The third kappa shape index (κ3) is 14.9. The lowest BCUT2D eigenvalue weighted by molar-refractivity contribution is -0.137. The molecule has 0 fully saturated rings. The Morgan fingerprint density at radius 3 is 1.59 bits per heavy atom. The molecule has 0 unspecified atom stereocenters. The number of carbonyl (C=O) groups excluding carboxylic acids is 3. The molecule has 1 rings (SSSR count). The van der Waals surface area contributed by atoms with E-state index in [2.05, 4.69) is 5.32 Å². The quantitative estimate of drug-likeness (QED) is 0.230. The topological polar surface area (TPSA) is 122 Å². The second-order valence-corrected chi connectivity index (χ2v) is 7.65. The molecule has 0 bridgehead atoms. The summed E-state index contributed by atoms with van der Waals surface area (Å²) in [6.45, 7) is 10.1. The van der Waals surface area contributed by atoms with Gasteiger partial charge in [-0.05, 0) is 20.8 Å². The lowest BCUT2D eigenvalue weighted by atomic mass is 10.2. The molecule has 0 spiro atoms. The SMILES string of the molecule is CC(C)(C)OC(=O)NCCOCCOCCOCCOCCOCCN1C(=O)C=CC1=O. The summed E-state index contributed by atoms with van der Waals surface area (Å²) in [7, 11) is 0. The van der Waals surface area contributed by atoms with E-state index in [1.54, 1.807) is 20.8 Å². The maximum Gasteiger partial charge on any atom is 0.407 e. The second kappa shape index (κ2) is 16.6. The number of ether oxygens (including phenoxy) is 6. The van der Waals surface area contributed by atoms with Gasteiger partial charge in [0.2, 0.25) is 0 Å². The van der Waals surface area contributed by atoms with Crippen molar-refractivity contribution >= 4 is 17.9 Å². The van der Waals surface area contributed by atoms with E-state index >= 15 is 0 Å². The third-order valence-corrected chi connectivity index (χ3v) is 3.76. The molecule has 32 heavy (non-hydrogen) atoms. The normalized spacial score (nSPS) is 13.8. The Balaban J connectivity index is 1.74. The van der Waals surface area contributed by atoms with Crippen LogP contribution in [0.3, 0.4) is 0 Å². The predicted molar refractivity (Wildman–Crippen MR) is 114 cm³/mol. The molecule has 184 valence electrons. The average Bonchev–Trinajstić information content (AvgIpc) is 3.03. The largest absolute Gasteiger partial charge is 0.444 e. The van der Waals surface area contributed by atoms with Gasteiger partial charge in [-0.2, -0.15) is 0 Å². The molecule has 1 N–H and O–H groups in total. The molecule has 0 aromatic rings. The number of rotatable bonds is 18. The lowest BCUT2D eigenvalue weighted by Crippen LogP contribution is -2.34. The molecule has 0 atom stereocenters. The summed E-state index contributed by atoms with van der Waals surface area (Å²) < 4.78 is 31.9. The maximum atomic E-state index is 11.4. The van der Waals surface area contributed by atoms with Crippen LogP contribution in [0.1, 0.15) is 20.8 Å². The van der Waals surface area contributed by atoms with Crippen molar-refractivity contribution in [2.45, 2.75) is 26.4 Å². The van der Waals surface area contributed by atoms with Crippen molar-refractivity contribution in [3.05, 3.63) is 12.2 Å². The molecule has 0 saturated carbocycles. The Labute approximate surface area is 189 Å². The summed E-state index contributed by atoms with van der Waals surface area (Å²) in [5.41, 5.74) is -0.514. The van der Waals surface area contributed by atoms with Gasteiger partial charge >= 0.3 is 6.09 Å². The highest BCUT2D eigenvalue weighted by molar-refractivity contribution is 6.12. The molecule has 0 aromatic heterocycles. The molecule has 0 aromatic carbocycles. The second-order valence-electron chi connectivity index (χ2n) is 7.65. The molecule has 11 heteroatoms. The first kappa shape index (κ1) is 28.0. The van der Waals surface area contributed by atoms with Gasteiger partial charge in [0, 0.05) is 18.7 Å². The summed E-state index contributed by atoms with van der Waals surface area (Å²) in [6.07, 6.45) is 2.04. The van der Waals surface area contributed by atoms with Crippen LogP contribution >= 0.6 is 0 Å². The number of nitrogens with zero attached hydrogens (tertiary/aromatic N) is 1. The van der Waals surface area contributed by atoms with Crippen molar-refractivity contribution in [1.82, 2.24) is 10.2 Å². The van der Waals surface area contributed by atoms with Crippen LogP contribution in [0.2, 0.25) is 0 Å². The summed E-state index contributed by atoms with van der Waals surface area (Å²) in [6, 6.07) is 0. The van der Waals surface area contributed by atoms with E-state index in [0.717, 1.165) is 4.90 Å². The lowest BCUT2D eigenvalue weighted by Gasteiger charge is -2.19. The van der Waals surface area contributed by atoms with Gasteiger partial charge in [0.15, 0.2) is 0 Å². The molecule has 1 aliphatic heterocycles. The number of alkyl carbamates (subject to hydrolysis) is 1. The first-order chi connectivity index (χ1) is 15.3.